The van der Waals surface area contributed by atoms with E-state index in [0.717, 1.165) is 29.9 Å². The molecule has 0 aliphatic heterocycles. The second-order valence-electron chi connectivity index (χ2n) is 11.3. The van der Waals surface area contributed by atoms with E-state index in [1.54, 1.807) is 0 Å². The second kappa shape index (κ2) is 10.4. The zero-order valence-corrected chi connectivity index (χ0v) is 23.5. The van der Waals surface area contributed by atoms with Crippen molar-refractivity contribution in [3.05, 3.63) is 108 Å². The van der Waals surface area contributed by atoms with Crippen LogP contribution in [0.4, 0.5) is 22.7 Å². The fourth-order valence-corrected chi connectivity index (χ4v) is 6.26. The fraction of sp³-hybridized carbons (Fsp3) is 0.211. The molecule has 198 valence electrons. The first-order chi connectivity index (χ1) is 19.7. The van der Waals surface area contributed by atoms with Gasteiger partial charge in [0.2, 0.25) is 0 Å². The van der Waals surface area contributed by atoms with Crippen molar-refractivity contribution < 1.29 is 0 Å². The zero-order valence-electron chi connectivity index (χ0n) is 23.5. The molecule has 0 aromatic heterocycles. The van der Waals surface area contributed by atoms with E-state index in [0.29, 0.717) is 0 Å². The number of rotatable bonds is 10. The van der Waals surface area contributed by atoms with Gasteiger partial charge in [-0.3, -0.25) is 0 Å². The highest BCUT2D eigenvalue weighted by Gasteiger charge is 2.19. The minimum absolute atomic E-state index is 1.13. The Kier molecular flexibility index (Phi) is 6.40. The maximum absolute atomic E-state index is 3.90. The van der Waals surface area contributed by atoms with E-state index in [1.807, 2.05) is 0 Å². The molecule has 0 aliphatic rings. The van der Waals surface area contributed by atoms with E-state index in [4.69, 9.17) is 0 Å². The molecule has 0 heterocycles. The van der Waals surface area contributed by atoms with Crippen LogP contribution in [0.3, 0.4) is 0 Å². The van der Waals surface area contributed by atoms with Crippen LogP contribution in [0.25, 0.3) is 43.1 Å². The molecule has 2 heteroatoms. The largest absolute Gasteiger partial charge is 0.355 e. The lowest BCUT2D eigenvalue weighted by Crippen LogP contribution is -1.99. The zero-order chi connectivity index (χ0) is 27.1. The number of unbranched alkanes of at least 4 members (excludes halogenated alkanes) is 2. The topological polar surface area (TPSA) is 24.1 Å². The predicted molar refractivity (Wildman–Crippen MR) is 176 cm³/mol. The maximum Gasteiger partial charge on any atom is 0.0556 e. The van der Waals surface area contributed by atoms with E-state index in [2.05, 4.69) is 122 Å². The molecule has 9 aromatic rings. The molecule has 0 spiro atoms. The Morgan fingerprint density at radius 2 is 1.02 bits per heavy atom. The number of aryl methyl sites for hydroxylation is 2. The Labute approximate surface area is 236 Å². The highest BCUT2D eigenvalue weighted by atomic mass is 14.9. The number of anilines is 4. The van der Waals surface area contributed by atoms with Crippen LogP contribution in [0, 0.1) is 0 Å². The summed E-state index contributed by atoms with van der Waals surface area (Å²) in [5.41, 5.74) is 7.44. The van der Waals surface area contributed by atoms with E-state index in [1.165, 1.54) is 85.6 Å². The summed E-state index contributed by atoms with van der Waals surface area (Å²) in [6, 6.07) is 36.3. The SMILES string of the molecule is CCCCc1ccc(Nc2cc3ccc2c2c(Nc4ccc(CCCC)cc4)c4c5ccc(cc5)c4cc32)cc1. The van der Waals surface area contributed by atoms with Crippen molar-refractivity contribution in [1.82, 2.24) is 0 Å². The van der Waals surface area contributed by atoms with Gasteiger partial charge >= 0.3 is 0 Å². The Morgan fingerprint density at radius 3 is 1.65 bits per heavy atom. The van der Waals surface area contributed by atoms with Crippen molar-refractivity contribution in [3.63, 3.8) is 0 Å². The third-order valence-electron chi connectivity index (χ3n) is 8.51. The Morgan fingerprint density at radius 1 is 0.475 bits per heavy atom. The molecule has 40 heavy (non-hydrogen) atoms. The van der Waals surface area contributed by atoms with Gasteiger partial charge < -0.3 is 10.6 Å². The van der Waals surface area contributed by atoms with Crippen molar-refractivity contribution in [2.24, 2.45) is 0 Å². The number of fused-ring (bicyclic) bond motifs is 4. The smallest absolute Gasteiger partial charge is 0.0556 e. The lowest BCUT2D eigenvalue weighted by molar-refractivity contribution is 0.795. The van der Waals surface area contributed by atoms with Gasteiger partial charge in [0.25, 0.3) is 0 Å². The molecule has 4 bridgehead atoms. The Bertz CT molecular complexity index is 1880. The van der Waals surface area contributed by atoms with Crippen molar-refractivity contribution in [1.29, 1.82) is 0 Å². The summed E-state index contributed by atoms with van der Waals surface area (Å²) in [5, 5.41) is 17.9. The summed E-state index contributed by atoms with van der Waals surface area (Å²) in [4.78, 5) is 0. The third kappa shape index (κ3) is 4.38. The van der Waals surface area contributed by atoms with E-state index >= 15 is 0 Å². The van der Waals surface area contributed by atoms with E-state index in [9.17, 15) is 0 Å². The minimum Gasteiger partial charge on any atom is -0.355 e. The maximum atomic E-state index is 3.90. The fourth-order valence-electron chi connectivity index (χ4n) is 6.26. The molecule has 0 saturated carbocycles. The van der Waals surface area contributed by atoms with Crippen LogP contribution in [0.2, 0.25) is 0 Å². The molecule has 0 atom stereocenters. The standard InChI is InChI=1S/C38H36N2/c1-3-5-7-25-9-18-30(19-10-25)39-35-23-29-17-22-32(35)37-34(29)24-33-27-13-15-28(16-14-27)36(33)38(37)40-31-20-11-26(12-21-31)8-6-4-2/h9-24,39-40H,3-8H2,1-2H3. The highest BCUT2D eigenvalue weighted by Crippen LogP contribution is 2.46. The van der Waals surface area contributed by atoms with Crippen molar-refractivity contribution in [2.45, 2.75) is 52.4 Å². The molecule has 2 N–H and O–H groups in total. The van der Waals surface area contributed by atoms with Gasteiger partial charge in [0.05, 0.1) is 5.69 Å². The van der Waals surface area contributed by atoms with Crippen LogP contribution < -0.4 is 10.6 Å². The van der Waals surface area contributed by atoms with Gasteiger partial charge in [-0.1, -0.05) is 87.4 Å². The summed E-state index contributed by atoms with van der Waals surface area (Å²) >= 11 is 0. The Balaban J connectivity index is 1.36. The molecule has 9 rings (SSSR count). The molecule has 0 radical (unpaired) electrons. The first-order valence-corrected chi connectivity index (χ1v) is 14.9. The van der Waals surface area contributed by atoms with Gasteiger partial charge in [0, 0.05) is 33.2 Å². The highest BCUT2D eigenvalue weighted by molar-refractivity contribution is 6.31. The van der Waals surface area contributed by atoms with Gasteiger partial charge in [-0.25, -0.2) is 0 Å². The molecule has 0 saturated heterocycles. The second-order valence-corrected chi connectivity index (χ2v) is 11.3. The van der Waals surface area contributed by atoms with Crippen LogP contribution in [0.15, 0.2) is 97.1 Å². The summed E-state index contributed by atoms with van der Waals surface area (Å²) in [6.07, 6.45) is 7.19. The van der Waals surface area contributed by atoms with Crippen molar-refractivity contribution in [3.8, 4) is 0 Å². The van der Waals surface area contributed by atoms with Gasteiger partial charge in [0.15, 0.2) is 0 Å². The first-order valence-electron chi connectivity index (χ1n) is 14.9. The molecule has 0 aliphatic carbocycles. The van der Waals surface area contributed by atoms with Crippen LogP contribution in [0.1, 0.15) is 50.7 Å². The third-order valence-corrected chi connectivity index (χ3v) is 8.51. The first kappa shape index (κ1) is 24.7. The molecule has 0 fully saturated rings. The van der Waals surface area contributed by atoms with Gasteiger partial charge in [-0.05, 0) is 100 Å². The lowest BCUT2D eigenvalue weighted by atomic mass is 9.89. The number of hydrogen-bond donors (Lipinski definition) is 2. The monoisotopic (exact) mass is 520 g/mol. The van der Waals surface area contributed by atoms with Crippen molar-refractivity contribution in [2.75, 3.05) is 10.6 Å². The molecule has 0 unspecified atom stereocenters. The van der Waals surface area contributed by atoms with Crippen LogP contribution >= 0.6 is 0 Å². The minimum atomic E-state index is 1.13. The molecular weight excluding hydrogens is 484 g/mol. The van der Waals surface area contributed by atoms with Crippen molar-refractivity contribution >= 4 is 65.8 Å². The summed E-state index contributed by atoms with van der Waals surface area (Å²) < 4.78 is 0. The van der Waals surface area contributed by atoms with Crippen LogP contribution in [0.5, 0.6) is 0 Å². The molecule has 2 nitrogen and oxygen atoms in total. The van der Waals surface area contributed by atoms with Gasteiger partial charge in [-0.2, -0.15) is 0 Å². The molecule has 0 amide bonds. The summed E-state index contributed by atoms with van der Waals surface area (Å²) in [7, 11) is 0. The average molecular weight is 521 g/mol. The number of benzene rings is 9. The summed E-state index contributed by atoms with van der Waals surface area (Å²) in [6.45, 7) is 4.50. The average Bonchev–Trinajstić information content (AvgIpc) is 3.01. The summed E-state index contributed by atoms with van der Waals surface area (Å²) in [5.74, 6) is 0. The normalized spacial score (nSPS) is 11.8. The molecular formula is C38H36N2. The van der Waals surface area contributed by atoms with Crippen LogP contribution in [-0.4, -0.2) is 0 Å². The van der Waals surface area contributed by atoms with E-state index < -0.39 is 0 Å². The molecule has 9 aromatic carbocycles. The lowest BCUT2D eigenvalue weighted by Gasteiger charge is -2.22. The predicted octanol–water partition coefficient (Wildman–Crippen LogP) is 11.3. The van der Waals surface area contributed by atoms with Gasteiger partial charge in [0.1, 0.15) is 0 Å². The quantitative estimate of drug-likeness (QED) is 0.175. The number of nitrogens with one attached hydrogen (secondary N) is 2. The Hall–Kier alpha value is -4.30. The van der Waals surface area contributed by atoms with Crippen LogP contribution in [-0.2, 0) is 12.8 Å². The number of hydrogen-bond acceptors (Lipinski definition) is 2. The van der Waals surface area contributed by atoms with Gasteiger partial charge in [-0.15, -0.1) is 0 Å². The van der Waals surface area contributed by atoms with E-state index in [-0.39, 0.29) is 0 Å².